The Labute approximate surface area is 98.6 Å². The lowest BCUT2D eigenvalue weighted by Crippen LogP contribution is -2.39. The standard InChI is InChI=1S/C8H10F4N4O2/c9-7(10)8(11,12)4-13-1-2-16-3-5(6(17)18)14-15-16/h3,7,13H,1-2,4H2,(H,17,18). The van der Waals surface area contributed by atoms with Gasteiger partial charge in [-0.1, -0.05) is 5.21 Å². The molecule has 0 radical (unpaired) electrons. The summed E-state index contributed by atoms with van der Waals surface area (Å²) in [6.45, 7) is -1.19. The fourth-order valence-corrected chi connectivity index (χ4v) is 1.03. The summed E-state index contributed by atoms with van der Waals surface area (Å²) in [5.41, 5.74) is -0.284. The fourth-order valence-electron chi connectivity index (χ4n) is 1.03. The number of hydrogen-bond acceptors (Lipinski definition) is 4. The van der Waals surface area contributed by atoms with Gasteiger partial charge in [-0.3, -0.25) is 4.68 Å². The molecule has 1 aromatic heterocycles. The second-order valence-electron chi connectivity index (χ2n) is 3.41. The molecule has 10 heteroatoms. The molecule has 0 aliphatic carbocycles. The van der Waals surface area contributed by atoms with Crippen molar-refractivity contribution in [2.75, 3.05) is 13.1 Å². The molecule has 1 rings (SSSR count). The van der Waals surface area contributed by atoms with Crippen LogP contribution in [0.4, 0.5) is 17.6 Å². The van der Waals surface area contributed by atoms with Crippen LogP contribution in [0.1, 0.15) is 10.5 Å². The van der Waals surface area contributed by atoms with Gasteiger partial charge in [0, 0.05) is 6.54 Å². The van der Waals surface area contributed by atoms with Gasteiger partial charge in [-0.05, 0) is 0 Å². The van der Waals surface area contributed by atoms with Crippen molar-refractivity contribution < 1.29 is 27.5 Å². The molecule has 0 bridgehead atoms. The van der Waals surface area contributed by atoms with Gasteiger partial charge in [-0.15, -0.1) is 5.10 Å². The molecule has 2 N–H and O–H groups in total. The van der Waals surface area contributed by atoms with Crippen LogP contribution >= 0.6 is 0 Å². The average Bonchev–Trinajstić information content (AvgIpc) is 2.73. The third-order valence-corrected chi connectivity index (χ3v) is 1.96. The minimum absolute atomic E-state index is 0.0413. The zero-order chi connectivity index (χ0) is 13.8. The summed E-state index contributed by atoms with van der Waals surface area (Å²) in [6.07, 6.45) is -2.62. The normalized spacial score (nSPS) is 12.1. The number of carboxylic acids is 1. The molecule has 1 heterocycles. The predicted molar refractivity (Wildman–Crippen MR) is 50.8 cm³/mol. The molecule has 0 fully saturated rings. The maximum Gasteiger partial charge on any atom is 0.358 e. The molecule has 0 aliphatic rings. The molecule has 0 saturated carbocycles. The van der Waals surface area contributed by atoms with Gasteiger partial charge < -0.3 is 10.4 Å². The predicted octanol–water partition coefficient (Wildman–Crippen LogP) is 0.466. The van der Waals surface area contributed by atoms with Gasteiger partial charge >= 0.3 is 18.3 Å². The highest BCUT2D eigenvalue weighted by atomic mass is 19.3. The van der Waals surface area contributed by atoms with Crippen LogP contribution in [-0.4, -0.2) is 51.5 Å². The van der Waals surface area contributed by atoms with E-state index in [9.17, 15) is 22.4 Å². The summed E-state index contributed by atoms with van der Waals surface area (Å²) in [7, 11) is 0. The Morgan fingerprint density at radius 1 is 1.56 bits per heavy atom. The monoisotopic (exact) mass is 270 g/mol. The van der Waals surface area contributed by atoms with E-state index >= 15 is 0 Å². The maximum absolute atomic E-state index is 12.5. The van der Waals surface area contributed by atoms with E-state index in [2.05, 4.69) is 15.6 Å². The zero-order valence-corrected chi connectivity index (χ0v) is 8.98. The molecule has 0 aromatic carbocycles. The number of nitrogens with zero attached hydrogens (tertiary/aromatic N) is 3. The molecule has 102 valence electrons. The number of aromatic carboxylic acids is 1. The van der Waals surface area contributed by atoms with E-state index in [4.69, 9.17) is 5.11 Å². The van der Waals surface area contributed by atoms with Crippen LogP contribution in [0.25, 0.3) is 0 Å². The summed E-state index contributed by atoms with van der Waals surface area (Å²) >= 11 is 0. The van der Waals surface area contributed by atoms with Crippen LogP contribution in [0, 0.1) is 0 Å². The third kappa shape index (κ3) is 3.95. The van der Waals surface area contributed by atoms with Crippen molar-refractivity contribution in [3.63, 3.8) is 0 Å². The van der Waals surface area contributed by atoms with Crippen molar-refractivity contribution in [3.8, 4) is 0 Å². The van der Waals surface area contributed by atoms with Crippen LogP contribution in [0.15, 0.2) is 6.20 Å². The molecule has 18 heavy (non-hydrogen) atoms. The summed E-state index contributed by atoms with van der Waals surface area (Å²) < 4.78 is 49.6. The first-order valence-electron chi connectivity index (χ1n) is 4.83. The smallest absolute Gasteiger partial charge is 0.358 e. The van der Waals surface area contributed by atoms with Crippen molar-refractivity contribution in [1.82, 2.24) is 20.3 Å². The van der Waals surface area contributed by atoms with Crippen molar-refractivity contribution in [2.45, 2.75) is 18.9 Å². The first-order chi connectivity index (χ1) is 8.33. The van der Waals surface area contributed by atoms with Gasteiger partial charge in [0.25, 0.3) is 0 Å². The first-order valence-corrected chi connectivity index (χ1v) is 4.83. The lowest BCUT2D eigenvalue weighted by atomic mass is 10.3. The van der Waals surface area contributed by atoms with Gasteiger partial charge in [0.2, 0.25) is 0 Å². The third-order valence-electron chi connectivity index (χ3n) is 1.96. The van der Waals surface area contributed by atoms with Crippen LogP contribution < -0.4 is 5.32 Å². The highest BCUT2D eigenvalue weighted by molar-refractivity contribution is 5.84. The van der Waals surface area contributed by atoms with Crippen LogP contribution in [0.5, 0.6) is 0 Å². The number of carbonyl (C=O) groups is 1. The number of rotatable bonds is 7. The Hall–Kier alpha value is -1.71. The Balaban J connectivity index is 2.31. The Kier molecular flexibility index (Phi) is 4.59. The van der Waals surface area contributed by atoms with Crippen LogP contribution in [-0.2, 0) is 6.54 Å². The Bertz CT molecular complexity index is 410. The second-order valence-corrected chi connectivity index (χ2v) is 3.41. The van der Waals surface area contributed by atoms with Gasteiger partial charge in [-0.2, -0.15) is 8.78 Å². The number of halogens is 4. The van der Waals surface area contributed by atoms with Gasteiger partial charge in [0.15, 0.2) is 5.69 Å². The molecule has 0 spiro atoms. The molecule has 0 unspecified atom stereocenters. The lowest BCUT2D eigenvalue weighted by Gasteiger charge is -2.15. The molecular formula is C8H10F4N4O2. The van der Waals surface area contributed by atoms with Gasteiger partial charge in [0.1, 0.15) is 0 Å². The van der Waals surface area contributed by atoms with E-state index < -0.39 is 24.9 Å². The van der Waals surface area contributed by atoms with Crippen LogP contribution in [0.2, 0.25) is 0 Å². The van der Waals surface area contributed by atoms with E-state index in [-0.39, 0.29) is 18.8 Å². The minimum atomic E-state index is -4.09. The summed E-state index contributed by atoms with van der Waals surface area (Å²) in [6, 6.07) is 0. The van der Waals surface area contributed by atoms with E-state index in [1.165, 1.54) is 0 Å². The van der Waals surface area contributed by atoms with Gasteiger partial charge in [0.05, 0.1) is 19.3 Å². The Morgan fingerprint density at radius 3 is 2.72 bits per heavy atom. The van der Waals surface area contributed by atoms with E-state index in [1.54, 1.807) is 0 Å². The summed E-state index contributed by atoms with van der Waals surface area (Å²) in [5, 5.41) is 17.4. The molecule has 6 nitrogen and oxygen atoms in total. The number of alkyl halides is 4. The van der Waals surface area contributed by atoms with Crippen molar-refractivity contribution in [3.05, 3.63) is 11.9 Å². The Morgan fingerprint density at radius 2 is 2.22 bits per heavy atom. The topological polar surface area (TPSA) is 80.0 Å². The van der Waals surface area contributed by atoms with E-state index in [0.29, 0.717) is 0 Å². The van der Waals surface area contributed by atoms with E-state index in [1.807, 2.05) is 0 Å². The second kappa shape index (κ2) is 5.76. The lowest BCUT2D eigenvalue weighted by molar-refractivity contribution is -0.125. The van der Waals surface area contributed by atoms with Crippen molar-refractivity contribution in [1.29, 1.82) is 0 Å². The molecule has 0 aliphatic heterocycles. The fraction of sp³-hybridized carbons (Fsp3) is 0.625. The highest BCUT2D eigenvalue weighted by Crippen LogP contribution is 2.21. The van der Waals surface area contributed by atoms with Crippen LogP contribution in [0.3, 0.4) is 0 Å². The van der Waals surface area contributed by atoms with Gasteiger partial charge in [-0.25, -0.2) is 13.6 Å². The molecule has 0 saturated heterocycles. The number of aromatic nitrogens is 3. The average molecular weight is 270 g/mol. The molecule has 1 aromatic rings. The number of carboxylic acid groups (broad SMARTS) is 1. The first kappa shape index (κ1) is 14.4. The SMILES string of the molecule is O=C(O)c1cn(CCNCC(F)(F)C(F)F)nn1. The number of hydrogen-bond donors (Lipinski definition) is 2. The summed E-state index contributed by atoms with van der Waals surface area (Å²) in [4.78, 5) is 10.4. The molecular weight excluding hydrogens is 260 g/mol. The van der Waals surface area contributed by atoms with E-state index in [0.717, 1.165) is 10.9 Å². The van der Waals surface area contributed by atoms with Crippen molar-refractivity contribution in [2.24, 2.45) is 0 Å². The maximum atomic E-state index is 12.5. The summed E-state index contributed by atoms with van der Waals surface area (Å²) in [5.74, 6) is -5.35. The number of nitrogens with one attached hydrogen (secondary N) is 1. The largest absolute Gasteiger partial charge is 0.476 e. The quantitative estimate of drug-likeness (QED) is 0.556. The zero-order valence-electron chi connectivity index (χ0n) is 8.98. The molecule has 0 amide bonds. The molecule has 0 atom stereocenters. The highest BCUT2D eigenvalue weighted by Gasteiger charge is 2.39. The minimum Gasteiger partial charge on any atom is -0.476 e. The van der Waals surface area contributed by atoms with Crippen molar-refractivity contribution >= 4 is 5.97 Å².